The first-order chi connectivity index (χ1) is 5.74. The van der Waals surface area contributed by atoms with Crippen LogP contribution in [0.1, 0.15) is 12.8 Å². The van der Waals surface area contributed by atoms with E-state index < -0.39 is 0 Å². The lowest BCUT2D eigenvalue weighted by Crippen LogP contribution is -1.91. The molecule has 0 unspecified atom stereocenters. The smallest absolute Gasteiger partial charge is 0.169 e. The Hall–Kier alpha value is -1.62. The maximum absolute atomic E-state index is 10.9. The van der Waals surface area contributed by atoms with Gasteiger partial charge >= 0.3 is 0 Å². The van der Waals surface area contributed by atoms with Crippen LogP contribution in [0, 0.1) is 11.3 Å². The fourth-order valence-electron chi connectivity index (χ4n) is 0.704. The van der Waals surface area contributed by atoms with Crippen LogP contribution in [0.3, 0.4) is 0 Å². The Balaban J connectivity index is 4.28. The van der Waals surface area contributed by atoms with Crippen molar-refractivity contribution >= 4 is 5.78 Å². The summed E-state index contributed by atoms with van der Waals surface area (Å²) in [5.74, 6) is -0.186. The Morgan fingerprint density at radius 2 is 2.17 bits per heavy atom. The number of nitrogens with zero attached hydrogens (tertiary/aromatic N) is 1. The number of allylic oxidation sites excluding steroid dienone is 4. The second kappa shape index (κ2) is 6.11. The number of hydrogen-bond donors (Lipinski definition) is 0. The van der Waals surface area contributed by atoms with Crippen molar-refractivity contribution in [1.29, 1.82) is 5.26 Å². The lowest BCUT2D eigenvalue weighted by molar-refractivity contribution is -0.113. The maximum Gasteiger partial charge on any atom is 0.169 e. The molecule has 0 aliphatic carbocycles. The van der Waals surface area contributed by atoms with Gasteiger partial charge in [0.2, 0.25) is 0 Å². The van der Waals surface area contributed by atoms with Gasteiger partial charge in [0.25, 0.3) is 0 Å². The summed E-state index contributed by atoms with van der Waals surface area (Å²) in [5.41, 5.74) is 0.797. The molecule has 0 aromatic rings. The Bertz CT molecular complexity index is 256. The molecular formula is C10H11NO. The topological polar surface area (TPSA) is 40.9 Å². The summed E-state index contributed by atoms with van der Waals surface area (Å²) in [4.78, 5) is 10.9. The molecule has 0 N–H and O–H groups in total. The first-order valence-electron chi connectivity index (χ1n) is 3.58. The predicted molar refractivity (Wildman–Crippen MR) is 48.3 cm³/mol. The van der Waals surface area contributed by atoms with Crippen molar-refractivity contribution in [3.8, 4) is 6.07 Å². The normalized spacial score (nSPS) is 10.1. The Labute approximate surface area is 72.5 Å². The summed E-state index contributed by atoms with van der Waals surface area (Å²) in [6.07, 6.45) is 5.25. The summed E-state index contributed by atoms with van der Waals surface area (Å²) in [7, 11) is 0. The Morgan fingerprint density at radius 3 is 2.58 bits per heavy atom. The van der Waals surface area contributed by atoms with Crippen LogP contribution in [-0.2, 0) is 4.79 Å². The van der Waals surface area contributed by atoms with Gasteiger partial charge in [0.1, 0.15) is 0 Å². The highest BCUT2D eigenvalue weighted by Gasteiger charge is 1.96. The first kappa shape index (κ1) is 10.4. The van der Waals surface area contributed by atoms with E-state index in [-0.39, 0.29) is 12.2 Å². The quantitative estimate of drug-likeness (QED) is 0.352. The second-order valence-corrected chi connectivity index (χ2v) is 2.22. The summed E-state index contributed by atoms with van der Waals surface area (Å²) < 4.78 is 0. The average Bonchev–Trinajstić information content (AvgIpc) is 2.04. The highest BCUT2D eigenvalue weighted by Crippen LogP contribution is 2.03. The lowest BCUT2D eigenvalue weighted by Gasteiger charge is -1.93. The van der Waals surface area contributed by atoms with Crippen LogP contribution in [0.5, 0.6) is 0 Å². The number of nitriles is 1. The maximum atomic E-state index is 10.9. The molecule has 0 heterocycles. The molecule has 0 fully saturated rings. The van der Waals surface area contributed by atoms with Crippen molar-refractivity contribution in [2.45, 2.75) is 12.8 Å². The summed E-state index contributed by atoms with van der Waals surface area (Å²) >= 11 is 0. The van der Waals surface area contributed by atoms with Crippen LogP contribution in [0.4, 0.5) is 0 Å². The third-order valence-electron chi connectivity index (χ3n) is 1.24. The van der Waals surface area contributed by atoms with E-state index >= 15 is 0 Å². The van der Waals surface area contributed by atoms with Crippen LogP contribution >= 0.6 is 0 Å². The minimum Gasteiger partial charge on any atom is -0.294 e. The molecule has 0 aliphatic heterocycles. The number of ketones is 1. The zero-order valence-corrected chi connectivity index (χ0v) is 6.92. The largest absolute Gasteiger partial charge is 0.294 e. The van der Waals surface area contributed by atoms with Crippen molar-refractivity contribution in [1.82, 2.24) is 0 Å². The molecule has 0 saturated carbocycles. The molecule has 0 amide bonds. The molecular weight excluding hydrogens is 150 g/mol. The summed E-state index contributed by atoms with van der Waals surface area (Å²) in [6, 6.07) is 1.78. The molecule has 2 heteroatoms. The van der Waals surface area contributed by atoms with Crippen molar-refractivity contribution in [3.05, 3.63) is 37.0 Å². The van der Waals surface area contributed by atoms with E-state index in [0.29, 0.717) is 6.42 Å². The molecule has 0 aromatic heterocycles. The lowest BCUT2D eigenvalue weighted by atomic mass is 10.1. The van der Waals surface area contributed by atoms with E-state index in [0.717, 1.165) is 5.57 Å². The van der Waals surface area contributed by atoms with Gasteiger partial charge in [-0.25, -0.2) is 0 Å². The molecule has 12 heavy (non-hydrogen) atoms. The first-order valence-corrected chi connectivity index (χ1v) is 3.58. The highest BCUT2D eigenvalue weighted by atomic mass is 16.1. The van der Waals surface area contributed by atoms with Crippen LogP contribution in [-0.4, -0.2) is 5.78 Å². The fraction of sp³-hybridized carbons (Fsp3) is 0.200. The van der Waals surface area contributed by atoms with E-state index in [1.807, 2.05) is 0 Å². The summed E-state index contributed by atoms with van der Waals surface area (Å²) in [6.45, 7) is 7.08. The monoisotopic (exact) mass is 161 g/mol. The molecule has 0 atom stereocenters. The van der Waals surface area contributed by atoms with Crippen LogP contribution in [0.25, 0.3) is 0 Å². The van der Waals surface area contributed by atoms with Crippen molar-refractivity contribution < 1.29 is 4.79 Å². The molecule has 0 aliphatic rings. The molecule has 0 radical (unpaired) electrons. The molecule has 2 nitrogen and oxygen atoms in total. The molecule has 0 saturated heterocycles. The van der Waals surface area contributed by atoms with Gasteiger partial charge < -0.3 is 0 Å². The number of hydrogen-bond acceptors (Lipinski definition) is 2. The SMILES string of the molecule is C=CC/C(C=C)=C\C(=O)CC#N. The van der Waals surface area contributed by atoms with Crippen molar-refractivity contribution in [2.75, 3.05) is 0 Å². The molecule has 0 rings (SSSR count). The van der Waals surface area contributed by atoms with Crippen LogP contribution in [0.15, 0.2) is 37.0 Å². The Kier molecular flexibility index (Phi) is 5.29. The van der Waals surface area contributed by atoms with Gasteiger partial charge in [-0.1, -0.05) is 18.7 Å². The van der Waals surface area contributed by atoms with Gasteiger partial charge in [-0.15, -0.1) is 6.58 Å². The highest BCUT2D eigenvalue weighted by molar-refractivity contribution is 5.92. The van der Waals surface area contributed by atoms with Gasteiger partial charge in [-0.2, -0.15) is 5.26 Å². The molecule has 62 valence electrons. The number of carbonyl (C=O) groups excluding carboxylic acids is 1. The predicted octanol–water partition coefficient (Wildman–Crippen LogP) is 2.16. The van der Waals surface area contributed by atoms with Crippen LogP contribution in [0.2, 0.25) is 0 Å². The minimum absolute atomic E-state index is 0.0749. The standard InChI is InChI=1S/C10H11NO/c1-3-5-9(4-2)8-10(12)6-7-11/h3-4,8H,1-2,5-6H2/b9-8-. The van der Waals surface area contributed by atoms with E-state index in [9.17, 15) is 4.79 Å². The number of rotatable bonds is 5. The second-order valence-electron chi connectivity index (χ2n) is 2.22. The van der Waals surface area contributed by atoms with Gasteiger partial charge in [0, 0.05) is 0 Å². The van der Waals surface area contributed by atoms with Gasteiger partial charge in [0.05, 0.1) is 12.5 Å². The minimum atomic E-state index is -0.186. The van der Waals surface area contributed by atoms with E-state index in [4.69, 9.17) is 5.26 Å². The average molecular weight is 161 g/mol. The fourth-order valence-corrected chi connectivity index (χ4v) is 0.704. The zero-order valence-electron chi connectivity index (χ0n) is 6.92. The van der Waals surface area contributed by atoms with E-state index in [2.05, 4.69) is 13.2 Å². The number of carbonyl (C=O) groups is 1. The summed E-state index contributed by atoms with van der Waals surface area (Å²) in [5, 5.41) is 8.21. The third kappa shape index (κ3) is 4.24. The van der Waals surface area contributed by atoms with E-state index in [1.54, 1.807) is 18.2 Å². The molecule has 0 bridgehead atoms. The zero-order chi connectivity index (χ0) is 9.40. The molecule has 0 spiro atoms. The van der Waals surface area contributed by atoms with Crippen molar-refractivity contribution in [3.63, 3.8) is 0 Å². The third-order valence-corrected chi connectivity index (χ3v) is 1.24. The van der Waals surface area contributed by atoms with Crippen molar-refractivity contribution in [2.24, 2.45) is 0 Å². The van der Waals surface area contributed by atoms with E-state index in [1.165, 1.54) is 6.08 Å². The van der Waals surface area contributed by atoms with Gasteiger partial charge in [0.15, 0.2) is 5.78 Å². The Morgan fingerprint density at radius 1 is 1.50 bits per heavy atom. The van der Waals surface area contributed by atoms with Gasteiger partial charge in [-0.05, 0) is 18.1 Å². The van der Waals surface area contributed by atoms with Gasteiger partial charge in [-0.3, -0.25) is 4.79 Å². The van der Waals surface area contributed by atoms with Crippen LogP contribution < -0.4 is 0 Å². The molecule has 0 aromatic carbocycles.